The number of phenols is 1. The topological polar surface area (TPSA) is 113 Å². The summed E-state index contributed by atoms with van der Waals surface area (Å²) >= 11 is 0. The first-order valence-corrected chi connectivity index (χ1v) is 6.97. The van der Waals surface area contributed by atoms with Crippen molar-refractivity contribution in [2.75, 3.05) is 5.01 Å². The first kappa shape index (κ1) is 16.1. The molecule has 0 saturated carbocycles. The summed E-state index contributed by atoms with van der Waals surface area (Å²) in [6.07, 6.45) is 1.06. The van der Waals surface area contributed by atoms with E-state index in [2.05, 4.69) is 5.43 Å². The molecule has 1 saturated heterocycles. The Morgan fingerprint density at radius 1 is 1.16 bits per heavy atom. The van der Waals surface area contributed by atoms with Crippen molar-refractivity contribution in [3.63, 3.8) is 0 Å². The van der Waals surface area contributed by atoms with Crippen molar-refractivity contribution in [2.45, 2.75) is 0 Å². The minimum Gasteiger partial charge on any atom is -0.502 e. The molecule has 2 aromatic carbocycles. The van der Waals surface area contributed by atoms with Crippen molar-refractivity contribution in [1.82, 2.24) is 5.43 Å². The summed E-state index contributed by atoms with van der Waals surface area (Å²) in [5.41, 5.74) is 1.63. The molecule has 9 heteroatoms. The summed E-state index contributed by atoms with van der Waals surface area (Å²) < 4.78 is 13.0. The van der Waals surface area contributed by atoms with Crippen LogP contribution in [0.1, 0.15) is 5.56 Å². The molecule has 8 nitrogen and oxygen atoms in total. The van der Waals surface area contributed by atoms with Crippen LogP contribution < -0.4 is 10.4 Å². The molecule has 0 bridgehead atoms. The van der Waals surface area contributed by atoms with Crippen LogP contribution in [-0.2, 0) is 9.59 Å². The van der Waals surface area contributed by atoms with Crippen LogP contribution in [0.25, 0.3) is 6.08 Å². The van der Waals surface area contributed by atoms with Crippen LogP contribution in [0.15, 0.2) is 48.0 Å². The lowest BCUT2D eigenvalue weighted by Crippen LogP contribution is -2.35. The third-order valence-electron chi connectivity index (χ3n) is 3.52. The smallest absolute Gasteiger partial charge is 0.311 e. The third kappa shape index (κ3) is 2.90. The Morgan fingerprint density at radius 2 is 1.84 bits per heavy atom. The highest BCUT2D eigenvalue weighted by molar-refractivity contribution is 6.31. The Morgan fingerprint density at radius 3 is 2.48 bits per heavy atom. The largest absolute Gasteiger partial charge is 0.502 e. The molecule has 25 heavy (non-hydrogen) atoms. The second kappa shape index (κ2) is 6.04. The number of hydrazine groups is 1. The van der Waals surface area contributed by atoms with Gasteiger partial charge in [-0.2, -0.15) is 0 Å². The number of halogens is 1. The minimum atomic E-state index is -0.779. The molecule has 126 valence electrons. The summed E-state index contributed by atoms with van der Waals surface area (Å²) in [6, 6.07) is 8.61. The number of nitro groups is 1. The Kier molecular flexibility index (Phi) is 3.89. The van der Waals surface area contributed by atoms with Crippen molar-refractivity contribution < 1.29 is 24.0 Å². The maximum Gasteiger partial charge on any atom is 0.311 e. The number of benzene rings is 2. The van der Waals surface area contributed by atoms with E-state index in [4.69, 9.17) is 0 Å². The van der Waals surface area contributed by atoms with Crippen LogP contribution in [-0.4, -0.2) is 21.8 Å². The first-order valence-electron chi connectivity index (χ1n) is 6.97. The monoisotopic (exact) mass is 343 g/mol. The number of nitro benzene ring substituents is 1. The molecule has 1 aliphatic heterocycles. The van der Waals surface area contributed by atoms with Crippen LogP contribution in [0.3, 0.4) is 0 Å². The van der Waals surface area contributed by atoms with E-state index in [0.29, 0.717) is 0 Å². The Balaban J connectivity index is 1.98. The predicted octanol–water partition coefficient (Wildman–Crippen LogP) is 1.90. The van der Waals surface area contributed by atoms with Gasteiger partial charge in [-0.25, -0.2) is 9.40 Å². The fourth-order valence-corrected chi connectivity index (χ4v) is 2.30. The summed E-state index contributed by atoms with van der Waals surface area (Å²) in [7, 11) is 0. The molecule has 0 aliphatic carbocycles. The highest BCUT2D eigenvalue weighted by Crippen LogP contribution is 2.32. The normalized spacial score (nSPS) is 15.6. The average molecular weight is 343 g/mol. The molecule has 0 atom stereocenters. The van der Waals surface area contributed by atoms with Gasteiger partial charge in [0.25, 0.3) is 11.8 Å². The average Bonchev–Trinajstić information content (AvgIpc) is 2.85. The number of rotatable bonds is 3. The van der Waals surface area contributed by atoms with Gasteiger partial charge in [-0.15, -0.1) is 0 Å². The second-order valence-corrected chi connectivity index (χ2v) is 5.09. The molecule has 1 heterocycles. The number of nitrogens with zero attached hydrogens (tertiary/aromatic N) is 2. The number of amides is 2. The van der Waals surface area contributed by atoms with E-state index in [9.17, 15) is 29.2 Å². The number of nitrogens with one attached hydrogen (secondary N) is 1. The third-order valence-corrected chi connectivity index (χ3v) is 3.52. The lowest BCUT2D eigenvalue weighted by atomic mass is 10.1. The summed E-state index contributed by atoms with van der Waals surface area (Å²) in [6.45, 7) is 0. The van der Waals surface area contributed by atoms with E-state index >= 15 is 0 Å². The SMILES string of the molecule is O=C1NN(c2ccc(F)cc2)C(=O)C1=Cc1cccc([N+](=O)[O-])c1O. The molecule has 0 radical (unpaired) electrons. The first-order chi connectivity index (χ1) is 11.9. The Labute approximate surface area is 139 Å². The lowest BCUT2D eigenvalue weighted by molar-refractivity contribution is -0.385. The van der Waals surface area contributed by atoms with Crippen molar-refractivity contribution in [3.05, 3.63) is 69.5 Å². The molecule has 3 rings (SSSR count). The number of hydrogen-bond donors (Lipinski definition) is 2. The highest BCUT2D eigenvalue weighted by Gasteiger charge is 2.35. The highest BCUT2D eigenvalue weighted by atomic mass is 19.1. The zero-order chi connectivity index (χ0) is 18.1. The molecule has 2 N–H and O–H groups in total. The fraction of sp³-hybridized carbons (Fsp3) is 0. The van der Waals surface area contributed by atoms with Crippen LogP contribution in [0, 0.1) is 15.9 Å². The van der Waals surface area contributed by atoms with E-state index in [-0.39, 0.29) is 16.8 Å². The number of carbonyl (C=O) groups excluding carboxylic acids is 2. The van der Waals surface area contributed by atoms with Crippen molar-refractivity contribution in [1.29, 1.82) is 0 Å². The van der Waals surface area contributed by atoms with Crippen molar-refractivity contribution in [2.24, 2.45) is 0 Å². The number of carbonyl (C=O) groups is 2. The summed E-state index contributed by atoms with van der Waals surface area (Å²) in [5.74, 6) is -2.64. The van der Waals surface area contributed by atoms with E-state index in [1.165, 1.54) is 24.3 Å². The predicted molar refractivity (Wildman–Crippen MR) is 84.8 cm³/mol. The maximum atomic E-state index is 13.0. The Bertz CT molecular complexity index is 924. The zero-order valence-corrected chi connectivity index (χ0v) is 12.5. The van der Waals surface area contributed by atoms with Gasteiger partial charge in [0.15, 0.2) is 0 Å². The van der Waals surface area contributed by atoms with Gasteiger partial charge in [0.2, 0.25) is 5.75 Å². The number of anilines is 1. The van der Waals surface area contributed by atoms with E-state index in [1.54, 1.807) is 0 Å². The van der Waals surface area contributed by atoms with Gasteiger partial charge in [0.1, 0.15) is 11.4 Å². The van der Waals surface area contributed by atoms with Crippen LogP contribution in [0.5, 0.6) is 5.75 Å². The number of para-hydroxylation sites is 1. The molecule has 0 unspecified atom stereocenters. The molecule has 0 spiro atoms. The quantitative estimate of drug-likeness (QED) is 0.382. The summed E-state index contributed by atoms with van der Waals surface area (Å²) in [5, 5.41) is 21.7. The zero-order valence-electron chi connectivity index (χ0n) is 12.5. The van der Waals surface area contributed by atoms with Crippen molar-refractivity contribution >= 4 is 29.3 Å². The molecule has 1 aliphatic rings. The lowest BCUT2D eigenvalue weighted by Gasteiger charge is -2.14. The summed E-state index contributed by atoms with van der Waals surface area (Å²) in [4.78, 5) is 34.5. The van der Waals surface area contributed by atoms with Gasteiger partial charge < -0.3 is 5.11 Å². The van der Waals surface area contributed by atoms with E-state index in [0.717, 1.165) is 29.3 Å². The standard InChI is InChI=1S/C16H10FN3O5/c17-10-4-6-11(7-5-10)19-16(23)12(15(22)18-19)8-9-2-1-3-13(14(9)21)20(24)25/h1-8,21H,(H,18,22). The number of hydrogen-bond acceptors (Lipinski definition) is 5. The number of phenolic OH excluding ortho intramolecular Hbond substituents is 1. The van der Waals surface area contributed by atoms with Crippen LogP contribution in [0.4, 0.5) is 15.8 Å². The van der Waals surface area contributed by atoms with Gasteiger partial charge in [-0.3, -0.25) is 25.1 Å². The molecule has 2 amide bonds. The van der Waals surface area contributed by atoms with Crippen molar-refractivity contribution in [3.8, 4) is 5.75 Å². The van der Waals surface area contributed by atoms with Gasteiger partial charge in [0.05, 0.1) is 10.6 Å². The molecular formula is C16H10FN3O5. The minimum absolute atomic E-state index is 0.0475. The molecular weight excluding hydrogens is 333 g/mol. The van der Waals surface area contributed by atoms with Crippen LogP contribution in [0.2, 0.25) is 0 Å². The second-order valence-electron chi connectivity index (χ2n) is 5.09. The van der Waals surface area contributed by atoms with Gasteiger partial charge in [-0.05, 0) is 30.3 Å². The Hall–Kier alpha value is -3.75. The van der Waals surface area contributed by atoms with E-state index < -0.39 is 34.0 Å². The number of aromatic hydroxyl groups is 1. The molecule has 0 aromatic heterocycles. The van der Waals surface area contributed by atoms with E-state index in [1.807, 2.05) is 0 Å². The molecule has 1 fully saturated rings. The molecule has 2 aromatic rings. The van der Waals surface area contributed by atoms with Gasteiger partial charge >= 0.3 is 5.69 Å². The maximum absolute atomic E-state index is 13.0. The fourth-order valence-electron chi connectivity index (χ4n) is 2.30. The van der Waals surface area contributed by atoms with Gasteiger partial charge in [-0.1, -0.05) is 12.1 Å². The van der Waals surface area contributed by atoms with Gasteiger partial charge in [0, 0.05) is 11.6 Å². The van der Waals surface area contributed by atoms with Crippen LogP contribution >= 0.6 is 0 Å².